The van der Waals surface area contributed by atoms with E-state index in [2.05, 4.69) is 0 Å². The third kappa shape index (κ3) is 6.23. The zero-order chi connectivity index (χ0) is 13.0. The van der Waals surface area contributed by atoms with Crippen molar-refractivity contribution < 1.29 is 14.3 Å². The molecule has 0 N–H and O–H groups in total. The first-order valence-corrected chi connectivity index (χ1v) is 5.88. The van der Waals surface area contributed by atoms with Crippen molar-refractivity contribution in [3.63, 3.8) is 0 Å². The van der Waals surface area contributed by atoms with Gasteiger partial charge in [0, 0.05) is 5.92 Å². The van der Waals surface area contributed by atoms with E-state index < -0.39 is 5.60 Å². The van der Waals surface area contributed by atoms with Gasteiger partial charge in [-0.25, -0.2) is 0 Å². The Labute approximate surface area is 99.5 Å². The van der Waals surface area contributed by atoms with E-state index >= 15 is 0 Å². The minimum atomic E-state index is -0.713. The third-order valence-electron chi connectivity index (χ3n) is 2.20. The summed E-state index contributed by atoms with van der Waals surface area (Å²) in [5.41, 5.74) is -0.870. The molecule has 0 bridgehead atoms. The monoisotopic (exact) mass is 230 g/mol. The predicted octanol–water partition coefficient (Wildman–Crippen LogP) is 2.82. The summed E-state index contributed by atoms with van der Waals surface area (Å²) in [6.45, 7) is 14.4. The zero-order valence-electron chi connectivity index (χ0n) is 11.7. The Hall–Kier alpha value is -0.410. The van der Waals surface area contributed by atoms with Crippen molar-refractivity contribution in [2.45, 2.75) is 59.7 Å². The molecule has 16 heavy (non-hydrogen) atoms. The van der Waals surface area contributed by atoms with Gasteiger partial charge in [-0.1, -0.05) is 13.8 Å². The van der Waals surface area contributed by atoms with Crippen LogP contribution in [0.3, 0.4) is 0 Å². The normalized spacial score (nSPS) is 13.2. The van der Waals surface area contributed by atoms with Gasteiger partial charge in [-0.15, -0.1) is 0 Å². The fraction of sp³-hybridized carbons (Fsp3) is 0.923. The molecule has 0 saturated carbocycles. The van der Waals surface area contributed by atoms with Gasteiger partial charge in [0.1, 0.15) is 5.60 Å². The highest BCUT2D eigenvalue weighted by Crippen LogP contribution is 2.16. The first-order valence-electron chi connectivity index (χ1n) is 5.88. The second-order valence-corrected chi connectivity index (χ2v) is 5.84. The van der Waals surface area contributed by atoms with Crippen LogP contribution in [0.4, 0.5) is 0 Å². The summed E-state index contributed by atoms with van der Waals surface area (Å²) < 4.78 is 11.1. The van der Waals surface area contributed by atoms with Crippen molar-refractivity contribution in [2.24, 2.45) is 5.92 Å². The van der Waals surface area contributed by atoms with Crippen molar-refractivity contribution in [2.75, 3.05) is 13.2 Å². The van der Waals surface area contributed by atoms with Gasteiger partial charge in [-0.2, -0.15) is 0 Å². The highest BCUT2D eigenvalue weighted by Gasteiger charge is 2.30. The lowest BCUT2D eigenvalue weighted by Crippen LogP contribution is -2.39. The molecule has 0 aromatic heterocycles. The van der Waals surface area contributed by atoms with Crippen LogP contribution in [0.5, 0.6) is 0 Å². The minimum absolute atomic E-state index is 0.00136. The number of hydrogen-bond acceptors (Lipinski definition) is 3. The Morgan fingerprint density at radius 2 is 1.44 bits per heavy atom. The number of ether oxygens (including phenoxy) is 2. The maximum Gasteiger partial charge on any atom is 0.166 e. The molecule has 0 spiro atoms. The maximum atomic E-state index is 11.8. The lowest BCUT2D eigenvalue weighted by Gasteiger charge is -2.27. The van der Waals surface area contributed by atoms with E-state index in [1.54, 1.807) is 0 Å². The van der Waals surface area contributed by atoms with E-state index in [-0.39, 0.29) is 17.3 Å². The van der Waals surface area contributed by atoms with Crippen LogP contribution in [0.2, 0.25) is 0 Å². The molecule has 0 saturated heterocycles. The van der Waals surface area contributed by atoms with Gasteiger partial charge in [0.15, 0.2) is 5.78 Å². The van der Waals surface area contributed by atoms with Crippen LogP contribution in [-0.2, 0) is 14.3 Å². The second-order valence-electron chi connectivity index (χ2n) is 5.84. The van der Waals surface area contributed by atoms with E-state index in [0.717, 1.165) is 0 Å². The van der Waals surface area contributed by atoms with Crippen LogP contribution in [0.1, 0.15) is 48.5 Å². The lowest BCUT2D eigenvalue weighted by molar-refractivity contribution is -0.147. The fourth-order valence-electron chi connectivity index (χ4n) is 1.41. The average molecular weight is 230 g/mol. The van der Waals surface area contributed by atoms with E-state index in [4.69, 9.17) is 9.47 Å². The predicted molar refractivity (Wildman–Crippen MR) is 65.6 cm³/mol. The Balaban J connectivity index is 3.97. The number of hydrogen-bond donors (Lipinski definition) is 0. The molecule has 0 rings (SSSR count). The van der Waals surface area contributed by atoms with Crippen LogP contribution in [-0.4, -0.2) is 30.2 Å². The molecule has 96 valence electrons. The van der Waals surface area contributed by atoms with Crippen molar-refractivity contribution in [3.8, 4) is 0 Å². The molecule has 0 heterocycles. The molecule has 3 heteroatoms. The Morgan fingerprint density at radius 3 is 1.81 bits per heavy atom. The molecule has 0 amide bonds. The smallest absolute Gasteiger partial charge is 0.166 e. The van der Waals surface area contributed by atoms with Crippen LogP contribution in [0, 0.1) is 5.92 Å². The molecule has 0 aliphatic carbocycles. The average Bonchev–Trinajstić information content (AvgIpc) is 2.09. The highest BCUT2D eigenvalue weighted by atomic mass is 16.5. The van der Waals surface area contributed by atoms with Crippen LogP contribution in [0.15, 0.2) is 0 Å². The molecule has 0 unspecified atom stereocenters. The van der Waals surface area contributed by atoms with Crippen molar-refractivity contribution in [3.05, 3.63) is 0 Å². The van der Waals surface area contributed by atoms with Gasteiger partial charge < -0.3 is 9.47 Å². The number of Topliss-reactive ketones (excluding diaryl/α,β-unsaturated/α-hetero) is 1. The summed E-state index contributed by atoms with van der Waals surface area (Å²) in [5.74, 6) is 0.127. The van der Waals surface area contributed by atoms with Crippen molar-refractivity contribution >= 4 is 5.78 Å². The van der Waals surface area contributed by atoms with Gasteiger partial charge in [0.05, 0.1) is 18.8 Å². The largest absolute Gasteiger partial charge is 0.373 e. The van der Waals surface area contributed by atoms with E-state index in [1.165, 1.54) is 0 Å². The summed E-state index contributed by atoms with van der Waals surface area (Å²) >= 11 is 0. The van der Waals surface area contributed by atoms with Crippen LogP contribution in [0.25, 0.3) is 0 Å². The standard InChI is InChI=1S/C13H26O3/c1-10(2)11(14)13(6,7)16-9-8-15-12(3,4)5/h10H,8-9H2,1-7H3. The molecule has 0 atom stereocenters. The van der Waals surface area contributed by atoms with Gasteiger partial charge in [-0.05, 0) is 34.6 Å². The number of carbonyl (C=O) groups is 1. The van der Waals surface area contributed by atoms with Gasteiger partial charge in [0.25, 0.3) is 0 Å². The number of ketones is 1. The van der Waals surface area contributed by atoms with E-state index in [1.807, 2.05) is 48.5 Å². The number of rotatable bonds is 6. The minimum Gasteiger partial charge on any atom is -0.373 e. The summed E-state index contributed by atoms with van der Waals surface area (Å²) in [7, 11) is 0. The molecule has 0 aliphatic rings. The molecule has 0 aliphatic heterocycles. The summed E-state index contributed by atoms with van der Waals surface area (Å²) in [6, 6.07) is 0. The Bertz CT molecular complexity index is 224. The van der Waals surface area contributed by atoms with Crippen LogP contribution >= 0.6 is 0 Å². The van der Waals surface area contributed by atoms with Gasteiger partial charge in [-0.3, -0.25) is 4.79 Å². The van der Waals surface area contributed by atoms with Crippen LogP contribution < -0.4 is 0 Å². The summed E-state index contributed by atoms with van der Waals surface area (Å²) in [4.78, 5) is 11.8. The maximum absolute atomic E-state index is 11.8. The Morgan fingerprint density at radius 1 is 1.00 bits per heavy atom. The van der Waals surface area contributed by atoms with Crippen molar-refractivity contribution in [1.82, 2.24) is 0 Å². The van der Waals surface area contributed by atoms with E-state index in [9.17, 15) is 4.79 Å². The third-order valence-corrected chi connectivity index (χ3v) is 2.20. The molecule has 0 fully saturated rings. The SMILES string of the molecule is CC(C)C(=O)C(C)(C)OCCOC(C)(C)C. The van der Waals surface area contributed by atoms with Gasteiger partial charge >= 0.3 is 0 Å². The fourth-order valence-corrected chi connectivity index (χ4v) is 1.41. The zero-order valence-corrected chi connectivity index (χ0v) is 11.7. The Kier molecular flexibility index (Phi) is 5.63. The topological polar surface area (TPSA) is 35.5 Å². The first-order chi connectivity index (χ1) is 7.06. The number of carbonyl (C=O) groups excluding carboxylic acids is 1. The molecule has 3 nitrogen and oxygen atoms in total. The molecular formula is C13H26O3. The quantitative estimate of drug-likeness (QED) is 0.658. The molecular weight excluding hydrogens is 204 g/mol. The summed E-state index contributed by atoms with van der Waals surface area (Å²) in [5, 5.41) is 0. The highest BCUT2D eigenvalue weighted by molar-refractivity contribution is 5.88. The summed E-state index contributed by atoms with van der Waals surface area (Å²) in [6.07, 6.45) is 0. The first kappa shape index (κ1) is 15.6. The van der Waals surface area contributed by atoms with E-state index in [0.29, 0.717) is 13.2 Å². The molecule has 0 aromatic rings. The lowest BCUT2D eigenvalue weighted by atomic mass is 9.94. The van der Waals surface area contributed by atoms with Gasteiger partial charge in [0.2, 0.25) is 0 Å². The molecule has 0 radical (unpaired) electrons. The molecule has 0 aromatic carbocycles. The second kappa shape index (κ2) is 5.78. The van der Waals surface area contributed by atoms with Crippen molar-refractivity contribution in [1.29, 1.82) is 0 Å².